The van der Waals surface area contributed by atoms with Gasteiger partial charge in [0.25, 0.3) is 5.91 Å². The maximum absolute atomic E-state index is 12.9. The summed E-state index contributed by atoms with van der Waals surface area (Å²) in [6.45, 7) is 3.70. The number of pyridine rings is 1. The Morgan fingerprint density at radius 2 is 2.05 bits per heavy atom. The van der Waals surface area contributed by atoms with Crippen LogP contribution in [-0.2, 0) is 9.59 Å². The second kappa shape index (κ2) is 4.58. The van der Waals surface area contributed by atoms with Crippen molar-refractivity contribution in [2.75, 3.05) is 4.90 Å². The summed E-state index contributed by atoms with van der Waals surface area (Å²) in [6, 6.07) is 1.38. The summed E-state index contributed by atoms with van der Waals surface area (Å²) in [4.78, 5) is 30.9. The standard InChI is InChI=1S/C15H19N3O2/c1-10-5-8-16-9-12(10)18-11(2)13(19)17-15(14(18)20)6-3-4-7-15/h5,8-9,11H,3-4,6-7H2,1-2H3,(H,17,19). The molecular formula is C15H19N3O2. The predicted octanol–water partition coefficient (Wildman–Crippen LogP) is 1.55. The molecule has 2 fully saturated rings. The van der Waals surface area contributed by atoms with Crippen LogP contribution in [0.5, 0.6) is 0 Å². The van der Waals surface area contributed by atoms with E-state index < -0.39 is 11.6 Å². The average Bonchev–Trinajstić information content (AvgIpc) is 2.89. The highest BCUT2D eigenvalue weighted by molar-refractivity contribution is 6.11. The topological polar surface area (TPSA) is 62.3 Å². The molecule has 1 unspecified atom stereocenters. The average molecular weight is 273 g/mol. The zero-order chi connectivity index (χ0) is 14.3. The molecule has 1 spiro atoms. The Hall–Kier alpha value is -1.91. The second-order valence-electron chi connectivity index (χ2n) is 5.79. The Balaban J connectivity index is 2.05. The van der Waals surface area contributed by atoms with E-state index in [1.54, 1.807) is 24.2 Å². The number of carbonyl (C=O) groups is 2. The van der Waals surface area contributed by atoms with Gasteiger partial charge in [0.2, 0.25) is 5.91 Å². The molecule has 1 aromatic heterocycles. The van der Waals surface area contributed by atoms with Crippen molar-refractivity contribution in [3.63, 3.8) is 0 Å². The van der Waals surface area contributed by atoms with Gasteiger partial charge in [-0.2, -0.15) is 0 Å². The van der Waals surface area contributed by atoms with Crippen molar-refractivity contribution in [2.45, 2.75) is 51.1 Å². The van der Waals surface area contributed by atoms with Gasteiger partial charge in [0, 0.05) is 6.20 Å². The second-order valence-corrected chi connectivity index (χ2v) is 5.79. The third kappa shape index (κ3) is 1.80. The molecule has 1 aliphatic heterocycles. The van der Waals surface area contributed by atoms with E-state index in [2.05, 4.69) is 10.3 Å². The minimum absolute atomic E-state index is 0.0122. The fraction of sp³-hybridized carbons (Fsp3) is 0.533. The van der Waals surface area contributed by atoms with E-state index in [0.29, 0.717) is 0 Å². The zero-order valence-electron chi connectivity index (χ0n) is 11.8. The molecule has 2 aliphatic rings. The maximum atomic E-state index is 12.9. The van der Waals surface area contributed by atoms with Crippen LogP contribution in [0.25, 0.3) is 0 Å². The van der Waals surface area contributed by atoms with Gasteiger partial charge in [0.15, 0.2) is 0 Å². The highest BCUT2D eigenvalue weighted by Crippen LogP contribution is 2.37. The van der Waals surface area contributed by atoms with E-state index in [9.17, 15) is 9.59 Å². The van der Waals surface area contributed by atoms with Crippen LogP contribution in [0.3, 0.4) is 0 Å². The maximum Gasteiger partial charge on any atom is 0.253 e. The molecule has 1 atom stereocenters. The molecule has 2 amide bonds. The smallest absolute Gasteiger partial charge is 0.253 e. The van der Waals surface area contributed by atoms with Crippen LogP contribution in [0.4, 0.5) is 5.69 Å². The molecule has 20 heavy (non-hydrogen) atoms. The van der Waals surface area contributed by atoms with Crippen molar-refractivity contribution in [2.24, 2.45) is 0 Å². The predicted molar refractivity (Wildman–Crippen MR) is 75.3 cm³/mol. The largest absolute Gasteiger partial charge is 0.340 e. The van der Waals surface area contributed by atoms with E-state index >= 15 is 0 Å². The molecule has 0 radical (unpaired) electrons. The van der Waals surface area contributed by atoms with Gasteiger partial charge in [-0.25, -0.2) is 0 Å². The van der Waals surface area contributed by atoms with Crippen molar-refractivity contribution < 1.29 is 9.59 Å². The van der Waals surface area contributed by atoms with Crippen LogP contribution < -0.4 is 10.2 Å². The molecule has 1 saturated heterocycles. The van der Waals surface area contributed by atoms with Gasteiger partial charge in [0.1, 0.15) is 11.6 Å². The molecular weight excluding hydrogens is 254 g/mol. The number of aromatic nitrogens is 1. The molecule has 0 aromatic carbocycles. The highest BCUT2D eigenvalue weighted by atomic mass is 16.2. The van der Waals surface area contributed by atoms with Crippen LogP contribution in [0.15, 0.2) is 18.5 Å². The van der Waals surface area contributed by atoms with Crippen LogP contribution in [0, 0.1) is 6.92 Å². The first-order valence-electron chi connectivity index (χ1n) is 7.11. The van der Waals surface area contributed by atoms with Crippen LogP contribution in [0.2, 0.25) is 0 Å². The molecule has 106 valence electrons. The Bertz CT molecular complexity index is 564. The molecule has 3 rings (SSSR count). The van der Waals surface area contributed by atoms with Crippen LogP contribution in [-0.4, -0.2) is 28.4 Å². The van der Waals surface area contributed by atoms with E-state index in [-0.39, 0.29) is 11.8 Å². The molecule has 1 saturated carbocycles. The quantitative estimate of drug-likeness (QED) is 0.844. The number of aryl methyl sites for hydroxylation is 1. The Morgan fingerprint density at radius 1 is 1.35 bits per heavy atom. The summed E-state index contributed by atoms with van der Waals surface area (Å²) in [7, 11) is 0. The minimum atomic E-state index is -0.689. The number of hydrogen-bond donors (Lipinski definition) is 1. The van der Waals surface area contributed by atoms with E-state index in [1.807, 2.05) is 13.0 Å². The fourth-order valence-corrected chi connectivity index (χ4v) is 3.26. The normalized spacial score (nSPS) is 25.1. The summed E-state index contributed by atoms with van der Waals surface area (Å²) in [5.41, 5.74) is 1.01. The number of nitrogens with zero attached hydrogens (tertiary/aromatic N) is 2. The first kappa shape index (κ1) is 13.1. The molecule has 5 nitrogen and oxygen atoms in total. The van der Waals surface area contributed by atoms with Crippen LogP contribution in [0.1, 0.15) is 38.2 Å². The minimum Gasteiger partial charge on any atom is -0.340 e. The molecule has 5 heteroatoms. The third-order valence-electron chi connectivity index (χ3n) is 4.49. The molecule has 2 heterocycles. The van der Waals surface area contributed by atoms with Crippen molar-refractivity contribution in [1.82, 2.24) is 10.3 Å². The molecule has 0 bridgehead atoms. The van der Waals surface area contributed by atoms with Crippen molar-refractivity contribution in [3.8, 4) is 0 Å². The Kier molecular flexibility index (Phi) is 3.00. The first-order chi connectivity index (χ1) is 9.55. The summed E-state index contributed by atoms with van der Waals surface area (Å²) >= 11 is 0. The van der Waals surface area contributed by atoms with Gasteiger partial charge < -0.3 is 5.32 Å². The molecule has 1 N–H and O–H groups in total. The number of piperazine rings is 1. The lowest BCUT2D eigenvalue weighted by Crippen LogP contribution is -2.69. The van der Waals surface area contributed by atoms with Gasteiger partial charge in [-0.15, -0.1) is 0 Å². The van der Waals surface area contributed by atoms with E-state index in [4.69, 9.17) is 0 Å². The number of carbonyl (C=O) groups excluding carboxylic acids is 2. The van der Waals surface area contributed by atoms with Gasteiger partial charge in [-0.3, -0.25) is 19.5 Å². The lowest BCUT2D eigenvalue weighted by molar-refractivity contribution is -0.137. The van der Waals surface area contributed by atoms with Crippen molar-refractivity contribution >= 4 is 17.5 Å². The van der Waals surface area contributed by atoms with Crippen molar-refractivity contribution in [1.29, 1.82) is 0 Å². The summed E-state index contributed by atoms with van der Waals surface area (Å²) < 4.78 is 0. The number of amides is 2. The number of hydrogen-bond acceptors (Lipinski definition) is 3. The third-order valence-corrected chi connectivity index (χ3v) is 4.49. The monoisotopic (exact) mass is 273 g/mol. The number of anilines is 1. The van der Waals surface area contributed by atoms with Gasteiger partial charge in [-0.1, -0.05) is 12.8 Å². The summed E-state index contributed by atoms with van der Waals surface area (Å²) in [6.07, 6.45) is 6.81. The summed E-state index contributed by atoms with van der Waals surface area (Å²) in [5.74, 6) is -0.0621. The van der Waals surface area contributed by atoms with E-state index in [0.717, 1.165) is 36.9 Å². The highest BCUT2D eigenvalue weighted by Gasteiger charge is 2.51. The number of nitrogens with one attached hydrogen (secondary N) is 1. The number of rotatable bonds is 1. The van der Waals surface area contributed by atoms with Gasteiger partial charge in [0.05, 0.1) is 11.9 Å². The van der Waals surface area contributed by atoms with Gasteiger partial charge in [-0.05, 0) is 38.3 Å². The SMILES string of the molecule is Cc1ccncc1N1C(=O)C2(CCCC2)NC(=O)C1C. The molecule has 1 aliphatic carbocycles. The van der Waals surface area contributed by atoms with Crippen molar-refractivity contribution in [3.05, 3.63) is 24.0 Å². The lowest BCUT2D eigenvalue weighted by Gasteiger charge is -2.43. The fourth-order valence-electron chi connectivity index (χ4n) is 3.26. The summed E-state index contributed by atoms with van der Waals surface area (Å²) in [5, 5.41) is 2.96. The van der Waals surface area contributed by atoms with E-state index in [1.165, 1.54) is 0 Å². The van der Waals surface area contributed by atoms with Crippen LogP contribution >= 0.6 is 0 Å². The lowest BCUT2D eigenvalue weighted by atomic mass is 9.90. The zero-order valence-corrected chi connectivity index (χ0v) is 11.8. The molecule has 1 aromatic rings. The first-order valence-corrected chi connectivity index (χ1v) is 7.11. The Labute approximate surface area is 118 Å². The van der Waals surface area contributed by atoms with Gasteiger partial charge >= 0.3 is 0 Å². The Morgan fingerprint density at radius 3 is 2.70 bits per heavy atom.